The molecule has 4 nitrogen and oxygen atoms in total. The summed E-state index contributed by atoms with van der Waals surface area (Å²) in [5.74, 6) is 1.42. The van der Waals surface area contributed by atoms with Crippen LogP contribution in [0.4, 0.5) is 5.82 Å². The van der Waals surface area contributed by atoms with Crippen LogP contribution in [0, 0.1) is 0 Å². The van der Waals surface area contributed by atoms with Crippen molar-refractivity contribution in [1.82, 2.24) is 10.2 Å². The van der Waals surface area contributed by atoms with Crippen molar-refractivity contribution in [1.29, 1.82) is 0 Å². The summed E-state index contributed by atoms with van der Waals surface area (Å²) in [5.41, 5.74) is 6.61. The van der Waals surface area contributed by atoms with E-state index in [4.69, 9.17) is 0 Å². The Kier molecular flexibility index (Phi) is 4.91. The van der Waals surface area contributed by atoms with E-state index in [0.717, 1.165) is 28.0 Å². The van der Waals surface area contributed by atoms with Gasteiger partial charge in [-0.25, -0.2) is 0 Å². The number of hydrogen-bond acceptors (Lipinski definition) is 4. The maximum absolute atomic E-state index is 4.52. The Morgan fingerprint density at radius 1 is 1.00 bits per heavy atom. The SMILES string of the molecule is C/C(=N\Nc1nncc2ccccc12)c1ccc(C2CCCCC2)cc1. The monoisotopic (exact) mass is 344 g/mol. The van der Waals surface area contributed by atoms with E-state index in [9.17, 15) is 0 Å². The van der Waals surface area contributed by atoms with Crippen LogP contribution in [-0.2, 0) is 0 Å². The van der Waals surface area contributed by atoms with E-state index in [2.05, 4.69) is 45.0 Å². The summed E-state index contributed by atoms with van der Waals surface area (Å²) in [7, 11) is 0. The van der Waals surface area contributed by atoms with Crippen LogP contribution in [0.2, 0.25) is 0 Å². The van der Waals surface area contributed by atoms with Crippen molar-refractivity contribution in [3.63, 3.8) is 0 Å². The van der Waals surface area contributed by atoms with Gasteiger partial charge >= 0.3 is 0 Å². The summed E-state index contributed by atoms with van der Waals surface area (Å²) in [4.78, 5) is 0. The van der Waals surface area contributed by atoms with Crippen molar-refractivity contribution in [2.45, 2.75) is 44.9 Å². The summed E-state index contributed by atoms with van der Waals surface area (Å²) in [6.45, 7) is 2.02. The molecule has 0 radical (unpaired) electrons. The highest BCUT2D eigenvalue weighted by atomic mass is 15.3. The van der Waals surface area contributed by atoms with Crippen molar-refractivity contribution in [2.24, 2.45) is 5.10 Å². The summed E-state index contributed by atoms with van der Waals surface area (Å²) < 4.78 is 0. The molecule has 1 aliphatic rings. The molecule has 2 aromatic carbocycles. The number of anilines is 1. The molecule has 132 valence electrons. The van der Waals surface area contributed by atoms with Crippen LogP contribution < -0.4 is 5.43 Å². The van der Waals surface area contributed by atoms with Crippen molar-refractivity contribution in [3.05, 3.63) is 65.9 Å². The largest absolute Gasteiger partial charge is 0.259 e. The van der Waals surface area contributed by atoms with Crippen molar-refractivity contribution >= 4 is 22.3 Å². The van der Waals surface area contributed by atoms with Crippen molar-refractivity contribution in [3.8, 4) is 0 Å². The molecule has 0 bridgehead atoms. The zero-order valence-corrected chi connectivity index (χ0v) is 15.2. The highest BCUT2D eigenvalue weighted by Gasteiger charge is 2.15. The van der Waals surface area contributed by atoms with Crippen LogP contribution in [0.25, 0.3) is 10.8 Å². The van der Waals surface area contributed by atoms with E-state index in [1.807, 2.05) is 31.2 Å². The zero-order chi connectivity index (χ0) is 17.8. The number of aromatic nitrogens is 2. The number of benzene rings is 2. The molecule has 4 rings (SSSR count). The predicted molar refractivity (Wildman–Crippen MR) is 108 cm³/mol. The predicted octanol–water partition coefficient (Wildman–Crippen LogP) is 5.51. The van der Waals surface area contributed by atoms with Gasteiger partial charge in [-0.05, 0) is 36.8 Å². The topological polar surface area (TPSA) is 50.2 Å². The first kappa shape index (κ1) is 16.7. The average molecular weight is 344 g/mol. The Labute approximate surface area is 154 Å². The molecule has 0 spiro atoms. The molecular weight excluding hydrogens is 320 g/mol. The van der Waals surface area contributed by atoms with Crippen LogP contribution in [0.15, 0.2) is 59.8 Å². The van der Waals surface area contributed by atoms with E-state index in [1.54, 1.807) is 6.20 Å². The second-order valence-electron chi connectivity index (χ2n) is 7.05. The van der Waals surface area contributed by atoms with E-state index in [0.29, 0.717) is 5.82 Å². The molecule has 1 aromatic heterocycles. The molecule has 1 fully saturated rings. The first-order valence-corrected chi connectivity index (χ1v) is 9.42. The van der Waals surface area contributed by atoms with Gasteiger partial charge < -0.3 is 0 Å². The molecule has 26 heavy (non-hydrogen) atoms. The third kappa shape index (κ3) is 3.59. The first-order valence-electron chi connectivity index (χ1n) is 9.42. The van der Waals surface area contributed by atoms with Crippen LogP contribution in [-0.4, -0.2) is 15.9 Å². The third-order valence-electron chi connectivity index (χ3n) is 5.31. The summed E-state index contributed by atoms with van der Waals surface area (Å²) >= 11 is 0. The molecular formula is C22H24N4. The van der Waals surface area contributed by atoms with Crippen LogP contribution >= 0.6 is 0 Å². The smallest absolute Gasteiger partial charge is 0.176 e. The second kappa shape index (κ2) is 7.65. The molecule has 4 heteroatoms. The molecule has 1 N–H and O–H groups in total. The summed E-state index contributed by atoms with van der Waals surface area (Å²) in [6.07, 6.45) is 8.54. The van der Waals surface area contributed by atoms with Gasteiger partial charge in [-0.2, -0.15) is 10.2 Å². The minimum Gasteiger partial charge on any atom is -0.259 e. The Morgan fingerprint density at radius 2 is 1.77 bits per heavy atom. The Balaban J connectivity index is 1.50. The number of hydrazone groups is 1. The van der Waals surface area contributed by atoms with E-state index in [1.165, 1.54) is 37.7 Å². The van der Waals surface area contributed by atoms with Gasteiger partial charge in [0.1, 0.15) is 0 Å². The van der Waals surface area contributed by atoms with Crippen molar-refractivity contribution < 1.29 is 0 Å². The minimum absolute atomic E-state index is 0.682. The lowest BCUT2D eigenvalue weighted by atomic mass is 9.84. The third-order valence-corrected chi connectivity index (χ3v) is 5.31. The molecule has 0 amide bonds. The Hall–Kier alpha value is -2.75. The van der Waals surface area contributed by atoms with Crippen LogP contribution in [0.3, 0.4) is 0 Å². The molecule has 1 heterocycles. The van der Waals surface area contributed by atoms with E-state index in [-0.39, 0.29) is 0 Å². The standard InChI is InChI=1S/C22H24N4/c1-16(17-11-13-19(14-12-17)18-7-3-2-4-8-18)24-26-22-21-10-6-5-9-20(21)15-23-25-22/h5-6,9-15,18H,2-4,7-8H2,1H3,(H,25,26)/b24-16+. The fraction of sp³-hybridized carbons (Fsp3) is 0.318. The molecule has 0 atom stereocenters. The van der Waals surface area contributed by atoms with Gasteiger partial charge in [-0.1, -0.05) is 67.8 Å². The molecule has 3 aromatic rings. The quantitative estimate of drug-likeness (QED) is 0.501. The maximum Gasteiger partial charge on any atom is 0.176 e. The van der Waals surface area contributed by atoms with Gasteiger partial charge in [-0.3, -0.25) is 5.43 Å². The normalized spacial score (nSPS) is 16.0. The molecule has 0 saturated heterocycles. The Bertz CT molecular complexity index is 904. The first-order chi connectivity index (χ1) is 12.8. The lowest BCUT2D eigenvalue weighted by molar-refractivity contribution is 0.443. The van der Waals surface area contributed by atoms with E-state index >= 15 is 0 Å². The van der Waals surface area contributed by atoms with Crippen LogP contribution in [0.5, 0.6) is 0 Å². The van der Waals surface area contributed by atoms with Gasteiger partial charge in [0, 0.05) is 10.8 Å². The Morgan fingerprint density at radius 3 is 2.58 bits per heavy atom. The van der Waals surface area contributed by atoms with Gasteiger partial charge in [0.25, 0.3) is 0 Å². The molecule has 0 aliphatic heterocycles. The number of fused-ring (bicyclic) bond motifs is 1. The minimum atomic E-state index is 0.682. The lowest BCUT2D eigenvalue weighted by Crippen LogP contribution is -2.05. The second-order valence-corrected chi connectivity index (χ2v) is 7.05. The van der Waals surface area contributed by atoms with Gasteiger partial charge in [0.15, 0.2) is 5.82 Å². The number of nitrogens with zero attached hydrogens (tertiary/aromatic N) is 3. The summed E-state index contributed by atoms with van der Waals surface area (Å²) in [5, 5.41) is 14.8. The molecule has 1 aliphatic carbocycles. The van der Waals surface area contributed by atoms with E-state index < -0.39 is 0 Å². The average Bonchev–Trinajstić information content (AvgIpc) is 2.73. The van der Waals surface area contributed by atoms with Gasteiger partial charge in [0.2, 0.25) is 0 Å². The zero-order valence-electron chi connectivity index (χ0n) is 15.2. The number of hydrogen-bond donors (Lipinski definition) is 1. The van der Waals surface area contributed by atoms with Crippen molar-refractivity contribution in [2.75, 3.05) is 5.43 Å². The number of rotatable bonds is 4. The van der Waals surface area contributed by atoms with Gasteiger partial charge in [-0.15, -0.1) is 5.10 Å². The number of nitrogens with one attached hydrogen (secondary N) is 1. The summed E-state index contributed by atoms with van der Waals surface area (Å²) in [6, 6.07) is 16.9. The highest BCUT2D eigenvalue weighted by molar-refractivity contribution is 5.99. The lowest BCUT2D eigenvalue weighted by Gasteiger charge is -2.22. The highest BCUT2D eigenvalue weighted by Crippen LogP contribution is 2.32. The fourth-order valence-electron chi connectivity index (χ4n) is 3.74. The van der Waals surface area contributed by atoms with Crippen LogP contribution in [0.1, 0.15) is 56.1 Å². The fourth-order valence-corrected chi connectivity index (χ4v) is 3.74. The molecule has 1 saturated carbocycles. The molecule has 0 unspecified atom stereocenters. The maximum atomic E-state index is 4.52. The van der Waals surface area contributed by atoms with Gasteiger partial charge in [0.05, 0.1) is 11.9 Å².